The third-order valence-corrected chi connectivity index (χ3v) is 4.77. The summed E-state index contributed by atoms with van der Waals surface area (Å²) in [6.07, 6.45) is 3.46. The molecule has 2 aromatic heterocycles. The number of hydrogen-bond acceptors (Lipinski definition) is 6. The molecule has 27 heavy (non-hydrogen) atoms. The maximum atomic E-state index is 12.8. The van der Waals surface area contributed by atoms with Gasteiger partial charge >= 0.3 is 0 Å². The normalized spacial score (nSPS) is 14.4. The third kappa shape index (κ3) is 3.97. The van der Waals surface area contributed by atoms with E-state index in [1.165, 1.54) is 0 Å². The second-order valence-electron chi connectivity index (χ2n) is 6.14. The molecule has 1 aliphatic heterocycles. The maximum Gasteiger partial charge on any atom is 0.244 e. The van der Waals surface area contributed by atoms with Crippen molar-refractivity contribution in [2.45, 2.75) is 6.54 Å². The highest BCUT2D eigenvalue weighted by Gasteiger charge is 2.24. The van der Waals surface area contributed by atoms with Crippen LogP contribution in [0.1, 0.15) is 0 Å². The lowest BCUT2D eigenvalue weighted by atomic mass is 10.2. The van der Waals surface area contributed by atoms with Crippen LogP contribution in [0.5, 0.6) is 0 Å². The van der Waals surface area contributed by atoms with Crippen LogP contribution in [0, 0.1) is 0 Å². The van der Waals surface area contributed by atoms with Crippen LogP contribution in [0.2, 0.25) is 0 Å². The number of anilines is 1. The zero-order valence-electron chi connectivity index (χ0n) is 14.6. The van der Waals surface area contributed by atoms with E-state index in [0.717, 1.165) is 5.56 Å². The lowest BCUT2D eigenvalue weighted by molar-refractivity contribution is -0.132. The highest BCUT2D eigenvalue weighted by molar-refractivity contribution is 9.10. The first kappa shape index (κ1) is 17.6. The van der Waals surface area contributed by atoms with E-state index in [1.807, 2.05) is 35.2 Å². The molecular formula is C18H18BrN7O. The Bertz CT molecular complexity index is 908. The molecule has 1 amide bonds. The van der Waals surface area contributed by atoms with E-state index in [4.69, 9.17) is 0 Å². The number of rotatable bonds is 4. The molecule has 0 unspecified atom stereocenters. The number of benzene rings is 1. The van der Waals surface area contributed by atoms with Gasteiger partial charge in [-0.15, -0.1) is 5.10 Å². The molecule has 0 spiro atoms. The molecular weight excluding hydrogens is 410 g/mol. The summed E-state index contributed by atoms with van der Waals surface area (Å²) in [5.41, 5.74) is 0.926. The molecule has 1 fully saturated rings. The zero-order chi connectivity index (χ0) is 18.6. The van der Waals surface area contributed by atoms with Crippen LogP contribution in [0.4, 0.5) is 5.95 Å². The number of carbonyl (C=O) groups excluding carboxylic acids is 1. The van der Waals surface area contributed by atoms with Crippen LogP contribution < -0.4 is 4.90 Å². The average Bonchev–Trinajstić information content (AvgIpc) is 3.09. The van der Waals surface area contributed by atoms with Crippen molar-refractivity contribution in [2.24, 2.45) is 0 Å². The van der Waals surface area contributed by atoms with Crippen LogP contribution >= 0.6 is 15.9 Å². The maximum absolute atomic E-state index is 12.8. The molecule has 9 heteroatoms. The van der Waals surface area contributed by atoms with Crippen LogP contribution in [0.25, 0.3) is 11.4 Å². The topological polar surface area (TPSA) is 80.0 Å². The summed E-state index contributed by atoms with van der Waals surface area (Å²) in [7, 11) is 0. The summed E-state index contributed by atoms with van der Waals surface area (Å²) >= 11 is 3.31. The first-order chi connectivity index (χ1) is 13.2. The molecule has 0 aliphatic carbocycles. The fourth-order valence-corrected chi connectivity index (χ4v) is 3.42. The zero-order valence-corrected chi connectivity index (χ0v) is 16.2. The highest BCUT2D eigenvalue weighted by atomic mass is 79.9. The van der Waals surface area contributed by atoms with Crippen molar-refractivity contribution in [3.8, 4) is 11.4 Å². The van der Waals surface area contributed by atoms with Gasteiger partial charge in [-0.05, 0) is 22.0 Å². The molecule has 0 saturated carbocycles. The Morgan fingerprint density at radius 2 is 1.70 bits per heavy atom. The summed E-state index contributed by atoms with van der Waals surface area (Å²) < 4.78 is 2.12. The Balaban J connectivity index is 1.42. The number of halogens is 1. The summed E-state index contributed by atoms with van der Waals surface area (Å²) in [5.74, 6) is 1.40. The van der Waals surface area contributed by atoms with E-state index in [9.17, 15) is 4.79 Å². The second-order valence-corrected chi connectivity index (χ2v) is 6.85. The van der Waals surface area contributed by atoms with E-state index in [-0.39, 0.29) is 12.5 Å². The number of aromatic nitrogens is 5. The van der Waals surface area contributed by atoms with E-state index in [2.05, 4.69) is 40.9 Å². The molecule has 4 rings (SSSR count). The minimum Gasteiger partial charge on any atom is -0.338 e. The largest absolute Gasteiger partial charge is 0.338 e. The average molecular weight is 428 g/mol. The molecule has 3 aromatic rings. The van der Waals surface area contributed by atoms with Gasteiger partial charge in [0.25, 0.3) is 0 Å². The van der Waals surface area contributed by atoms with Gasteiger partial charge in [-0.2, -0.15) is 0 Å². The molecule has 1 saturated heterocycles. The fourth-order valence-electron chi connectivity index (χ4n) is 3.06. The molecule has 1 aliphatic rings. The molecule has 0 radical (unpaired) electrons. The fraction of sp³-hybridized carbons (Fsp3) is 0.278. The van der Waals surface area contributed by atoms with Gasteiger partial charge in [0, 0.05) is 44.1 Å². The quantitative estimate of drug-likeness (QED) is 0.631. The molecule has 138 valence electrons. The summed E-state index contributed by atoms with van der Waals surface area (Å²) in [4.78, 5) is 29.7. The van der Waals surface area contributed by atoms with Crippen molar-refractivity contribution in [1.82, 2.24) is 29.6 Å². The van der Waals surface area contributed by atoms with Gasteiger partial charge in [-0.3, -0.25) is 4.79 Å². The standard InChI is InChI=1S/C18H18BrN7O/c19-17-22-16(14-5-2-1-3-6-14)26(23-17)13-15(27)24-9-11-25(12-10-24)18-20-7-4-8-21-18/h1-8H,9-13H2. The number of hydrogen-bond donors (Lipinski definition) is 0. The van der Waals surface area contributed by atoms with Crippen molar-refractivity contribution >= 4 is 27.8 Å². The van der Waals surface area contributed by atoms with Crippen LogP contribution in [-0.4, -0.2) is 61.7 Å². The predicted molar refractivity (Wildman–Crippen MR) is 104 cm³/mol. The van der Waals surface area contributed by atoms with Gasteiger partial charge < -0.3 is 9.80 Å². The van der Waals surface area contributed by atoms with E-state index < -0.39 is 0 Å². The lowest BCUT2D eigenvalue weighted by Gasteiger charge is -2.34. The molecule has 3 heterocycles. The van der Waals surface area contributed by atoms with Crippen molar-refractivity contribution in [3.05, 3.63) is 53.5 Å². The Morgan fingerprint density at radius 3 is 2.41 bits per heavy atom. The highest BCUT2D eigenvalue weighted by Crippen LogP contribution is 2.19. The third-order valence-electron chi connectivity index (χ3n) is 4.43. The minimum atomic E-state index is 0.0261. The first-order valence-corrected chi connectivity index (χ1v) is 9.45. The summed E-state index contributed by atoms with van der Waals surface area (Å²) in [6.45, 7) is 2.84. The van der Waals surface area contributed by atoms with Crippen LogP contribution in [-0.2, 0) is 11.3 Å². The predicted octanol–water partition coefficient (Wildman–Crippen LogP) is 1.85. The SMILES string of the molecule is O=C(Cn1nc(Br)nc1-c1ccccc1)N1CCN(c2ncccn2)CC1. The minimum absolute atomic E-state index is 0.0261. The second kappa shape index (κ2) is 7.83. The summed E-state index contributed by atoms with van der Waals surface area (Å²) in [5, 5.41) is 4.33. The van der Waals surface area contributed by atoms with Gasteiger partial charge in [0.1, 0.15) is 6.54 Å². The van der Waals surface area contributed by atoms with Crippen LogP contribution in [0.15, 0.2) is 53.5 Å². The van der Waals surface area contributed by atoms with Crippen molar-refractivity contribution < 1.29 is 4.79 Å². The lowest BCUT2D eigenvalue weighted by Crippen LogP contribution is -2.50. The summed E-state index contributed by atoms with van der Waals surface area (Å²) in [6, 6.07) is 11.5. The van der Waals surface area contributed by atoms with Crippen molar-refractivity contribution in [2.75, 3.05) is 31.1 Å². The molecule has 1 aromatic carbocycles. The number of piperazine rings is 1. The molecule has 0 bridgehead atoms. The smallest absolute Gasteiger partial charge is 0.244 e. The van der Waals surface area contributed by atoms with E-state index in [1.54, 1.807) is 23.1 Å². The van der Waals surface area contributed by atoms with E-state index in [0.29, 0.717) is 42.7 Å². The Kier molecular flexibility index (Phi) is 5.10. The van der Waals surface area contributed by atoms with Crippen LogP contribution in [0.3, 0.4) is 0 Å². The van der Waals surface area contributed by atoms with Crippen molar-refractivity contribution in [3.63, 3.8) is 0 Å². The van der Waals surface area contributed by atoms with Gasteiger partial charge in [0.15, 0.2) is 5.82 Å². The number of carbonyl (C=O) groups is 1. The van der Waals surface area contributed by atoms with Gasteiger partial charge in [0.2, 0.25) is 16.6 Å². The Morgan fingerprint density at radius 1 is 1.00 bits per heavy atom. The number of amides is 1. The Hall–Kier alpha value is -2.81. The molecule has 0 atom stereocenters. The van der Waals surface area contributed by atoms with Gasteiger partial charge in [0.05, 0.1) is 0 Å². The van der Waals surface area contributed by atoms with Gasteiger partial charge in [-0.25, -0.2) is 19.6 Å². The Labute approximate surface area is 165 Å². The first-order valence-electron chi connectivity index (χ1n) is 8.66. The van der Waals surface area contributed by atoms with E-state index >= 15 is 0 Å². The molecule has 8 nitrogen and oxygen atoms in total. The molecule has 0 N–H and O–H groups in total. The van der Waals surface area contributed by atoms with Crippen molar-refractivity contribution in [1.29, 1.82) is 0 Å². The van der Waals surface area contributed by atoms with Gasteiger partial charge in [-0.1, -0.05) is 30.3 Å². The monoisotopic (exact) mass is 427 g/mol. The number of nitrogens with zero attached hydrogens (tertiary/aromatic N) is 7.